The molecule has 152 valence electrons. The molecule has 0 amide bonds. The molecule has 1 aliphatic heterocycles. The number of Topliss-reactive ketones (excluding diaryl/α,β-unsaturated/α-hetero) is 1. The topological polar surface area (TPSA) is 91.2 Å². The Hall–Kier alpha value is -3.68. The highest BCUT2D eigenvalue weighted by molar-refractivity contribution is 5.99. The number of carbonyl (C=O) groups is 1. The van der Waals surface area contributed by atoms with Gasteiger partial charge in [-0.05, 0) is 46.5 Å². The molecule has 2 heterocycles. The van der Waals surface area contributed by atoms with Crippen molar-refractivity contribution in [3.63, 3.8) is 0 Å². The maximum atomic E-state index is 12.8. The Labute approximate surface area is 173 Å². The SMILES string of the molecule is COc1ccc(C2C3=C(CCCC3=O)Nc3nnnn32)cc1OCc1ccccc1. The van der Waals surface area contributed by atoms with Crippen molar-refractivity contribution in [2.75, 3.05) is 12.4 Å². The van der Waals surface area contributed by atoms with Gasteiger partial charge < -0.3 is 14.8 Å². The lowest BCUT2D eigenvalue weighted by atomic mass is 9.85. The van der Waals surface area contributed by atoms with Gasteiger partial charge in [0.1, 0.15) is 12.6 Å². The molecular weight excluding hydrogens is 382 g/mol. The second kappa shape index (κ2) is 7.62. The number of fused-ring (bicyclic) bond motifs is 1. The van der Waals surface area contributed by atoms with Crippen LogP contribution in [-0.4, -0.2) is 33.1 Å². The monoisotopic (exact) mass is 403 g/mol. The Bertz CT molecular complexity index is 1120. The summed E-state index contributed by atoms with van der Waals surface area (Å²) in [5, 5.41) is 15.2. The van der Waals surface area contributed by atoms with Crippen LogP contribution in [0.5, 0.6) is 11.5 Å². The highest BCUT2D eigenvalue weighted by atomic mass is 16.5. The van der Waals surface area contributed by atoms with E-state index in [2.05, 4.69) is 20.8 Å². The van der Waals surface area contributed by atoms with E-state index in [4.69, 9.17) is 9.47 Å². The van der Waals surface area contributed by atoms with Gasteiger partial charge in [0, 0.05) is 17.7 Å². The first-order valence-electron chi connectivity index (χ1n) is 9.90. The maximum absolute atomic E-state index is 12.8. The number of tetrazole rings is 1. The summed E-state index contributed by atoms with van der Waals surface area (Å²) >= 11 is 0. The summed E-state index contributed by atoms with van der Waals surface area (Å²) < 4.78 is 13.2. The molecule has 2 aliphatic rings. The largest absolute Gasteiger partial charge is 0.493 e. The smallest absolute Gasteiger partial charge is 0.248 e. The minimum Gasteiger partial charge on any atom is -0.493 e. The second-order valence-corrected chi connectivity index (χ2v) is 7.33. The number of methoxy groups -OCH3 is 1. The summed E-state index contributed by atoms with van der Waals surface area (Å²) in [6, 6.07) is 15.2. The van der Waals surface area contributed by atoms with Gasteiger partial charge in [0.05, 0.1) is 7.11 Å². The van der Waals surface area contributed by atoms with E-state index >= 15 is 0 Å². The van der Waals surface area contributed by atoms with Crippen LogP contribution in [0.4, 0.5) is 5.95 Å². The van der Waals surface area contributed by atoms with Crippen LogP contribution in [0.25, 0.3) is 0 Å². The lowest BCUT2D eigenvalue weighted by Gasteiger charge is -2.31. The first kappa shape index (κ1) is 18.4. The molecular formula is C22H21N5O3. The Morgan fingerprint density at radius 1 is 1.13 bits per heavy atom. The van der Waals surface area contributed by atoms with E-state index in [1.807, 2.05) is 48.5 Å². The summed E-state index contributed by atoms with van der Waals surface area (Å²) in [5.41, 5.74) is 3.56. The number of ketones is 1. The average molecular weight is 403 g/mol. The minimum atomic E-state index is -0.399. The molecule has 8 heteroatoms. The fourth-order valence-electron chi connectivity index (χ4n) is 4.04. The van der Waals surface area contributed by atoms with E-state index in [1.54, 1.807) is 11.8 Å². The molecule has 1 atom stereocenters. The summed E-state index contributed by atoms with van der Waals surface area (Å²) in [6.07, 6.45) is 2.16. The molecule has 8 nitrogen and oxygen atoms in total. The van der Waals surface area contributed by atoms with Gasteiger partial charge >= 0.3 is 0 Å². The Morgan fingerprint density at radius 2 is 2.00 bits per heavy atom. The number of aromatic nitrogens is 4. The number of ether oxygens (including phenoxy) is 2. The zero-order valence-corrected chi connectivity index (χ0v) is 16.5. The van der Waals surface area contributed by atoms with Crippen molar-refractivity contribution in [2.45, 2.75) is 31.9 Å². The van der Waals surface area contributed by atoms with Crippen LogP contribution in [0, 0.1) is 0 Å². The zero-order chi connectivity index (χ0) is 20.5. The molecule has 1 aliphatic carbocycles. The van der Waals surface area contributed by atoms with Crippen molar-refractivity contribution < 1.29 is 14.3 Å². The molecule has 0 fully saturated rings. The van der Waals surface area contributed by atoms with Crippen LogP contribution in [0.1, 0.15) is 36.4 Å². The molecule has 0 bridgehead atoms. The van der Waals surface area contributed by atoms with E-state index in [1.165, 1.54) is 0 Å². The second-order valence-electron chi connectivity index (χ2n) is 7.33. The number of nitrogens with zero attached hydrogens (tertiary/aromatic N) is 4. The third-order valence-electron chi connectivity index (χ3n) is 5.47. The van der Waals surface area contributed by atoms with Crippen LogP contribution in [0.3, 0.4) is 0 Å². The fraction of sp³-hybridized carbons (Fsp3) is 0.273. The predicted molar refractivity (Wildman–Crippen MR) is 109 cm³/mol. The number of anilines is 1. The summed E-state index contributed by atoms with van der Waals surface area (Å²) in [5.74, 6) is 1.90. The minimum absolute atomic E-state index is 0.123. The number of hydrogen-bond acceptors (Lipinski definition) is 7. The van der Waals surface area contributed by atoms with E-state index in [-0.39, 0.29) is 5.78 Å². The lowest BCUT2D eigenvalue weighted by Crippen LogP contribution is -2.31. The Morgan fingerprint density at radius 3 is 2.83 bits per heavy atom. The van der Waals surface area contributed by atoms with Crippen molar-refractivity contribution in [2.24, 2.45) is 0 Å². The van der Waals surface area contributed by atoms with Gasteiger partial charge in [-0.2, -0.15) is 4.68 Å². The van der Waals surface area contributed by atoms with E-state index < -0.39 is 6.04 Å². The molecule has 3 aromatic rings. The number of carbonyl (C=O) groups excluding carboxylic acids is 1. The molecule has 5 rings (SSSR count). The van der Waals surface area contributed by atoms with E-state index in [9.17, 15) is 4.79 Å². The van der Waals surface area contributed by atoms with Crippen LogP contribution >= 0.6 is 0 Å². The van der Waals surface area contributed by atoms with Crippen LogP contribution in [0.15, 0.2) is 59.8 Å². The molecule has 30 heavy (non-hydrogen) atoms. The van der Waals surface area contributed by atoms with Gasteiger partial charge in [-0.1, -0.05) is 41.5 Å². The molecule has 1 unspecified atom stereocenters. The predicted octanol–water partition coefficient (Wildman–Crippen LogP) is 3.28. The van der Waals surface area contributed by atoms with Gasteiger partial charge in [-0.25, -0.2) is 0 Å². The van der Waals surface area contributed by atoms with E-state index in [0.29, 0.717) is 30.5 Å². The first-order valence-corrected chi connectivity index (χ1v) is 9.90. The maximum Gasteiger partial charge on any atom is 0.248 e. The molecule has 0 saturated carbocycles. The molecule has 0 radical (unpaired) electrons. The summed E-state index contributed by atoms with van der Waals surface area (Å²) in [7, 11) is 1.61. The van der Waals surface area contributed by atoms with E-state index in [0.717, 1.165) is 35.2 Å². The standard InChI is InChI=1S/C22H21N5O3/c1-29-18-11-10-15(12-19(18)30-13-14-6-3-2-4-7-14)21-20-16(8-5-9-17(20)28)23-22-24-25-26-27(21)22/h2-4,6-7,10-12,21H,5,8-9,13H2,1H3,(H,23,24,26). The van der Waals surface area contributed by atoms with Crippen LogP contribution in [0.2, 0.25) is 0 Å². The van der Waals surface area contributed by atoms with Crippen molar-refractivity contribution >= 4 is 11.7 Å². The van der Waals surface area contributed by atoms with Crippen molar-refractivity contribution in [3.05, 3.63) is 70.9 Å². The Balaban J connectivity index is 1.54. The van der Waals surface area contributed by atoms with Crippen molar-refractivity contribution in [1.29, 1.82) is 0 Å². The quantitative estimate of drug-likeness (QED) is 0.699. The highest BCUT2D eigenvalue weighted by Crippen LogP contribution is 2.41. The fourth-order valence-corrected chi connectivity index (χ4v) is 4.04. The van der Waals surface area contributed by atoms with Gasteiger partial charge in [0.25, 0.3) is 0 Å². The van der Waals surface area contributed by atoms with Crippen molar-refractivity contribution in [1.82, 2.24) is 20.2 Å². The molecule has 2 aromatic carbocycles. The Kier molecular flexibility index (Phi) is 4.66. The lowest BCUT2D eigenvalue weighted by molar-refractivity contribution is -0.116. The van der Waals surface area contributed by atoms with Gasteiger partial charge in [-0.3, -0.25) is 4.79 Å². The average Bonchev–Trinajstić information content (AvgIpc) is 3.25. The summed E-state index contributed by atoms with van der Waals surface area (Å²) in [4.78, 5) is 12.8. The zero-order valence-electron chi connectivity index (χ0n) is 16.5. The number of hydrogen-bond donors (Lipinski definition) is 1. The van der Waals surface area contributed by atoms with Gasteiger partial charge in [-0.15, -0.1) is 0 Å². The third kappa shape index (κ3) is 3.20. The summed E-state index contributed by atoms with van der Waals surface area (Å²) in [6.45, 7) is 0.413. The highest BCUT2D eigenvalue weighted by Gasteiger charge is 2.36. The van der Waals surface area contributed by atoms with Crippen LogP contribution in [-0.2, 0) is 11.4 Å². The van der Waals surface area contributed by atoms with Gasteiger partial charge in [0.2, 0.25) is 5.95 Å². The number of nitrogens with one attached hydrogen (secondary N) is 1. The molecule has 1 N–H and O–H groups in total. The normalized spacial score (nSPS) is 17.8. The molecule has 1 aromatic heterocycles. The molecule has 0 saturated heterocycles. The van der Waals surface area contributed by atoms with Crippen molar-refractivity contribution in [3.8, 4) is 11.5 Å². The number of allylic oxidation sites excluding steroid dienone is 2. The number of rotatable bonds is 5. The van der Waals surface area contributed by atoms with Gasteiger partial charge in [0.15, 0.2) is 17.3 Å². The molecule has 0 spiro atoms. The first-order chi connectivity index (χ1) is 14.7. The number of benzene rings is 2. The third-order valence-corrected chi connectivity index (χ3v) is 5.47. The van der Waals surface area contributed by atoms with Crippen LogP contribution < -0.4 is 14.8 Å².